The summed E-state index contributed by atoms with van der Waals surface area (Å²) >= 11 is 0. The van der Waals surface area contributed by atoms with E-state index in [4.69, 9.17) is 37.0 Å². The molecule has 87 heavy (non-hydrogen) atoms. The average Bonchev–Trinajstić information content (AvgIpc) is 3.69. The van der Waals surface area contributed by atoms with Crippen LogP contribution in [-0.4, -0.2) is 96.7 Å². The highest BCUT2D eigenvalue weighted by Crippen LogP contribution is 2.45. The first-order valence-corrected chi connectivity index (χ1v) is 38.6. The highest BCUT2D eigenvalue weighted by Gasteiger charge is 2.30. The Kier molecular flexibility index (Phi) is 60.2. The first-order valence-electron chi connectivity index (χ1n) is 35.6. The summed E-state index contributed by atoms with van der Waals surface area (Å²) in [6, 6.07) is 0. The standard InChI is InChI=1S/C68H132O17P2/c1-6-9-12-15-17-19-21-23-24-25-30-33-37-42-47-52-66(71)79-58-64(85-68(73)54-49-44-39-35-31-27-26-28-32-36-41-45-50-61(4)5)60-83-87(76,77)81-56-62(69)55-80-86(74,75)82-59-63(57-78-65(70)51-46-40-14-11-8-3)84-67(72)53-48-43-38-34-29-22-20-18-16-13-10-7-2/h61-64,69H,6-60H2,1-5H3,(H,74,75)(H,76,77)/t62-,63+,64+/m0/s1. The van der Waals surface area contributed by atoms with Crippen molar-refractivity contribution < 1.29 is 80.2 Å². The molecule has 0 spiro atoms. The third kappa shape index (κ3) is 62.6. The Hall–Kier alpha value is -1.94. The van der Waals surface area contributed by atoms with Gasteiger partial charge >= 0.3 is 39.5 Å². The molecular weight excluding hydrogens is 1150 g/mol. The Morgan fingerprint density at radius 1 is 0.310 bits per heavy atom. The highest BCUT2D eigenvalue weighted by atomic mass is 31.2. The van der Waals surface area contributed by atoms with Crippen molar-refractivity contribution >= 4 is 39.5 Å². The van der Waals surface area contributed by atoms with E-state index in [1.165, 1.54) is 167 Å². The molecule has 19 heteroatoms. The number of rotatable bonds is 68. The number of aliphatic hydroxyl groups is 1. The quantitative estimate of drug-likeness (QED) is 0.0222. The molecule has 0 aromatic heterocycles. The average molecular weight is 1280 g/mol. The van der Waals surface area contributed by atoms with Crippen molar-refractivity contribution in [2.45, 2.75) is 368 Å². The van der Waals surface area contributed by atoms with Gasteiger partial charge in [0.15, 0.2) is 12.2 Å². The van der Waals surface area contributed by atoms with Gasteiger partial charge in [-0.05, 0) is 31.6 Å². The Labute approximate surface area is 530 Å². The first-order chi connectivity index (χ1) is 42.0. The molecule has 0 aliphatic heterocycles. The Bertz CT molecular complexity index is 1690. The van der Waals surface area contributed by atoms with E-state index >= 15 is 0 Å². The fourth-order valence-corrected chi connectivity index (χ4v) is 11.9. The highest BCUT2D eigenvalue weighted by molar-refractivity contribution is 7.47. The maximum absolute atomic E-state index is 13.0. The molecule has 0 radical (unpaired) electrons. The fraction of sp³-hybridized carbons (Fsp3) is 0.941. The molecule has 0 saturated heterocycles. The molecule has 0 amide bonds. The normalized spacial score (nSPS) is 14.1. The van der Waals surface area contributed by atoms with Crippen molar-refractivity contribution in [1.82, 2.24) is 0 Å². The maximum atomic E-state index is 13.0. The van der Waals surface area contributed by atoms with Gasteiger partial charge in [0, 0.05) is 25.7 Å². The van der Waals surface area contributed by atoms with Crippen molar-refractivity contribution in [2.24, 2.45) is 5.92 Å². The molecule has 17 nitrogen and oxygen atoms in total. The lowest BCUT2D eigenvalue weighted by atomic mass is 10.0. The third-order valence-electron chi connectivity index (χ3n) is 15.8. The minimum absolute atomic E-state index is 0.107. The number of esters is 4. The minimum atomic E-state index is -4.95. The molecule has 5 atom stereocenters. The van der Waals surface area contributed by atoms with E-state index in [1.807, 2.05) is 0 Å². The molecule has 0 aromatic carbocycles. The summed E-state index contributed by atoms with van der Waals surface area (Å²) in [7, 11) is -9.89. The smallest absolute Gasteiger partial charge is 0.462 e. The van der Waals surface area contributed by atoms with Gasteiger partial charge in [0.25, 0.3) is 0 Å². The van der Waals surface area contributed by atoms with Gasteiger partial charge in [-0.1, -0.05) is 298 Å². The van der Waals surface area contributed by atoms with E-state index < -0.39 is 97.5 Å². The van der Waals surface area contributed by atoms with Gasteiger partial charge in [0.1, 0.15) is 19.3 Å². The second-order valence-corrected chi connectivity index (χ2v) is 27.9. The van der Waals surface area contributed by atoms with Gasteiger partial charge in [-0.15, -0.1) is 0 Å². The number of carbonyl (C=O) groups is 4. The summed E-state index contributed by atoms with van der Waals surface area (Å²) < 4.78 is 68.0. The van der Waals surface area contributed by atoms with Gasteiger partial charge in [0.05, 0.1) is 26.4 Å². The molecule has 0 bridgehead atoms. The molecular formula is C68H132O17P2. The number of phosphoric ester groups is 2. The molecule has 516 valence electrons. The molecule has 3 N–H and O–H groups in total. The predicted octanol–water partition coefficient (Wildman–Crippen LogP) is 19.4. The molecule has 0 rings (SSSR count). The fourth-order valence-electron chi connectivity index (χ4n) is 10.3. The van der Waals surface area contributed by atoms with Crippen LogP contribution >= 0.6 is 15.6 Å². The van der Waals surface area contributed by atoms with Crippen molar-refractivity contribution in [1.29, 1.82) is 0 Å². The van der Waals surface area contributed by atoms with Crippen LogP contribution in [0.15, 0.2) is 0 Å². The monoisotopic (exact) mass is 1280 g/mol. The second-order valence-electron chi connectivity index (χ2n) is 25.0. The number of hydrogen-bond acceptors (Lipinski definition) is 15. The van der Waals surface area contributed by atoms with E-state index in [0.717, 1.165) is 102 Å². The van der Waals surface area contributed by atoms with Crippen LogP contribution in [0.5, 0.6) is 0 Å². The van der Waals surface area contributed by atoms with Gasteiger partial charge in [-0.2, -0.15) is 0 Å². The number of hydrogen-bond donors (Lipinski definition) is 3. The number of ether oxygens (including phenoxy) is 4. The lowest BCUT2D eigenvalue weighted by molar-refractivity contribution is -0.161. The molecule has 0 aromatic rings. The van der Waals surface area contributed by atoms with Crippen LogP contribution in [-0.2, 0) is 65.4 Å². The number of unbranched alkanes of at least 4 members (excludes halogenated alkanes) is 40. The summed E-state index contributed by atoms with van der Waals surface area (Å²) in [5.74, 6) is -1.36. The van der Waals surface area contributed by atoms with Crippen molar-refractivity contribution in [2.75, 3.05) is 39.6 Å². The topological polar surface area (TPSA) is 237 Å². The molecule has 0 aliphatic rings. The van der Waals surface area contributed by atoms with Gasteiger partial charge in [-0.25, -0.2) is 9.13 Å². The summed E-state index contributed by atoms with van der Waals surface area (Å²) in [6.07, 6.45) is 47.4. The largest absolute Gasteiger partial charge is 0.472 e. The van der Waals surface area contributed by atoms with Crippen LogP contribution < -0.4 is 0 Å². The molecule has 0 heterocycles. The Morgan fingerprint density at radius 3 is 0.782 bits per heavy atom. The van der Waals surface area contributed by atoms with E-state index in [9.17, 15) is 43.2 Å². The Morgan fingerprint density at radius 2 is 0.529 bits per heavy atom. The summed E-state index contributed by atoms with van der Waals surface area (Å²) in [5.41, 5.74) is 0. The van der Waals surface area contributed by atoms with Crippen LogP contribution in [0.4, 0.5) is 0 Å². The van der Waals surface area contributed by atoms with Gasteiger partial charge in [-0.3, -0.25) is 37.3 Å². The van der Waals surface area contributed by atoms with Crippen LogP contribution in [0.2, 0.25) is 0 Å². The van der Waals surface area contributed by atoms with Gasteiger partial charge < -0.3 is 33.8 Å². The first kappa shape index (κ1) is 85.1. The van der Waals surface area contributed by atoms with E-state index in [1.54, 1.807) is 0 Å². The summed E-state index contributed by atoms with van der Waals surface area (Å²) in [6.45, 7) is 7.16. The molecule has 0 aliphatic carbocycles. The van der Waals surface area contributed by atoms with E-state index in [2.05, 4.69) is 34.6 Å². The molecule has 2 unspecified atom stereocenters. The summed E-state index contributed by atoms with van der Waals surface area (Å²) in [4.78, 5) is 72.2. The molecule has 0 fully saturated rings. The van der Waals surface area contributed by atoms with Crippen LogP contribution in [0.25, 0.3) is 0 Å². The maximum Gasteiger partial charge on any atom is 0.472 e. The number of aliphatic hydroxyl groups excluding tert-OH is 1. The third-order valence-corrected chi connectivity index (χ3v) is 17.7. The van der Waals surface area contributed by atoms with E-state index in [0.29, 0.717) is 25.7 Å². The van der Waals surface area contributed by atoms with Crippen LogP contribution in [0.1, 0.15) is 349 Å². The lowest BCUT2D eigenvalue weighted by Crippen LogP contribution is -2.30. The van der Waals surface area contributed by atoms with Crippen molar-refractivity contribution in [3.63, 3.8) is 0 Å². The number of carbonyl (C=O) groups excluding carboxylic acids is 4. The van der Waals surface area contributed by atoms with Crippen LogP contribution in [0.3, 0.4) is 0 Å². The SMILES string of the molecule is CCCCCCCCCCCCCCCCCC(=O)OC[C@H](COP(=O)(O)OC[C@@H](O)COP(=O)(O)OC[C@@H](COC(=O)CCCCCCC)OC(=O)CCCCCCCCCCCCCC)OC(=O)CCCCCCCCCCCCCCC(C)C. The summed E-state index contributed by atoms with van der Waals surface area (Å²) in [5, 5.41) is 10.5. The van der Waals surface area contributed by atoms with Crippen molar-refractivity contribution in [3.05, 3.63) is 0 Å². The second kappa shape index (κ2) is 61.6. The molecule has 0 saturated carbocycles. The lowest BCUT2D eigenvalue weighted by Gasteiger charge is -2.21. The van der Waals surface area contributed by atoms with Gasteiger partial charge in [0.2, 0.25) is 0 Å². The predicted molar refractivity (Wildman–Crippen MR) is 349 cm³/mol. The zero-order valence-corrected chi connectivity index (χ0v) is 57.9. The minimum Gasteiger partial charge on any atom is -0.462 e. The Balaban J connectivity index is 5.16. The van der Waals surface area contributed by atoms with E-state index in [-0.39, 0.29) is 25.7 Å². The zero-order valence-electron chi connectivity index (χ0n) is 56.2. The zero-order chi connectivity index (χ0) is 64.2. The van der Waals surface area contributed by atoms with Crippen molar-refractivity contribution in [3.8, 4) is 0 Å². The number of phosphoric acid groups is 2. The van der Waals surface area contributed by atoms with Crippen LogP contribution in [0, 0.1) is 5.92 Å².